The van der Waals surface area contributed by atoms with Crippen molar-refractivity contribution in [3.8, 4) is 0 Å². The quantitative estimate of drug-likeness (QED) is 0.181. The third-order valence-corrected chi connectivity index (χ3v) is 5.98. The number of hydrogen-bond donors (Lipinski definition) is 3. The Morgan fingerprint density at radius 1 is 0.850 bits per heavy atom. The van der Waals surface area contributed by atoms with Crippen LogP contribution in [0.2, 0.25) is 0 Å². The van der Waals surface area contributed by atoms with Gasteiger partial charge in [-0.25, -0.2) is 4.39 Å². The molecular weight excluding hydrogens is 543 g/mol. The van der Waals surface area contributed by atoms with Crippen molar-refractivity contribution in [1.82, 2.24) is 5.32 Å². The molecule has 0 aliphatic heterocycles. The summed E-state index contributed by atoms with van der Waals surface area (Å²) in [6, 6.07) is 9.18. The monoisotopic (exact) mass is 563 g/mol. The number of fused-ring (bicyclic) bond motifs is 1. The highest BCUT2D eigenvalue weighted by molar-refractivity contribution is 6.03. The van der Waals surface area contributed by atoms with Gasteiger partial charge in [0.05, 0.1) is 22.5 Å². The maximum Gasteiger partial charge on any atom is 0.416 e. The van der Waals surface area contributed by atoms with Gasteiger partial charge in [-0.1, -0.05) is 24.3 Å². The molecule has 40 heavy (non-hydrogen) atoms. The number of nitrogens with one attached hydrogen (secondary N) is 2. The average molecular weight is 563 g/mol. The summed E-state index contributed by atoms with van der Waals surface area (Å²) in [5.74, 6) is -2.20. The number of rotatable bonds is 5. The van der Waals surface area contributed by atoms with Crippen LogP contribution in [0.5, 0.6) is 0 Å². The van der Waals surface area contributed by atoms with Crippen molar-refractivity contribution in [1.29, 1.82) is 0 Å². The van der Waals surface area contributed by atoms with Crippen molar-refractivity contribution in [2.24, 2.45) is 0 Å². The SMILES string of the molecule is Nc1cc(F)ccc1NC(=O)/C=C/c1ccc2c(c1)CCC=C2NC(=O)c1cc(C(F)(F)F)cc(C(F)(F)F)c1. The number of aryl methyl sites for hydroxylation is 1. The Morgan fingerprint density at radius 3 is 2.15 bits per heavy atom. The van der Waals surface area contributed by atoms with E-state index in [9.17, 15) is 40.3 Å². The van der Waals surface area contributed by atoms with Crippen LogP contribution in [-0.4, -0.2) is 11.8 Å². The second kappa shape index (κ2) is 10.9. The second-order valence-corrected chi connectivity index (χ2v) is 8.88. The molecule has 12 heteroatoms. The molecule has 0 fully saturated rings. The lowest BCUT2D eigenvalue weighted by molar-refractivity contribution is -0.143. The lowest BCUT2D eigenvalue weighted by Crippen LogP contribution is -2.25. The zero-order chi connectivity index (χ0) is 29.2. The van der Waals surface area contributed by atoms with E-state index in [2.05, 4.69) is 10.6 Å². The van der Waals surface area contributed by atoms with Gasteiger partial charge in [0.15, 0.2) is 0 Å². The van der Waals surface area contributed by atoms with E-state index in [1.807, 2.05) is 0 Å². The molecule has 2 amide bonds. The molecule has 3 aromatic rings. The molecule has 0 aromatic heterocycles. The molecule has 0 saturated heterocycles. The number of carbonyl (C=O) groups excluding carboxylic acids is 2. The minimum atomic E-state index is -5.08. The van der Waals surface area contributed by atoms with E-state index in [0.29, 0.717) is 36.1 Å². The third-order valence-electron chi connectivity index (χ3n) is 5.98. The van der Waals surface area contributed by atoms with Gasteiger partial charge in [-0.15, -0.1) is 0 Å². The molecule has 4 N–H and O–H groups in total. The first-order valence-corrected chi connectivity index (χ1v) is 11.7. The van der Waals surface area contributed by atoms with Crippen LogP contribution in [0.15, 0.2) is 66.7 Å². The molecule has 1 aliphatic rings. The van der Waals surface area contributed by atoms with Gasteiger partial charge >= 0.3 is 12.4 Å². The topological polar surface area (TPSA) is 84.2 Å². The molecular formula is C28H20F7N3O2. The molecule has 0 radical (unpaired) electrons. The molecule has 0 bridgehead atoms. The Balaban J connectivity index is 1.51. The molecule has 5 nitrogen and oxygen atoms in total. The lowest BCUT2D eigenvalue weighted by atomic mass is 9.92. The van der Waals surface area contributed by atoms with Crippen molar-refractivity contribution < 1.29 is 40.3 Å². The Kier molecular flexibility index (Phi) is 7.72. The van der Waals surface area contributed by atoms with E-state index in [-0.39, 0.29) is 23.1 Å². The highest BCUT2D eigenvalue weighted by Gasteiger charge is 2.37. The first-order chi connectivity index (χ1) is 18.7. The zero-order valence-corrected chi connectivity index (χ0v) is 20.4. The summed E-state index contributed by atoms with van der Waals surface area (Å²) in [5.41, 5.74) is 4.11. The maximum absolute atomic E-state index is 13.2. The number of carbonyl (C=O) groups is 2. The van der Waals surface area contributed by atoms with E-state index in [1.165, 1.54) is 18.2 Å². The number of benzene rings is 3. The minimum absolute atomic E-state index is 0.0458. The van der Waals surface area contributed by atoms with Crippen LogP contribution in [0.25, 0.3) is 11.8 Å². The predicted octanol–water partition coefficient (Wildman–Crippen LogP) is 6.81. The fourth-order valence-corrected chi connectivity index (χ4v) is 4.06. The van der Waals surface area contributed by atoms with Crippen molar-refractivity contribution in [2.45, 2.75) is 25.2 Å². The smallest absolute Gasteiger partial charge is 0.397 e. The summed E-state index contributed by atoms with van der Waals surface area (Å²) >= 11 is 0. The number of nitrogens with two attached hydrogens (primary N) is 1. The van der Waals surface area contributed by atoms with Crippen molar-refractivity contribution in [3.63, 3.8) is 0 Å². The van der Waals surface area contributed by atoms with Gasteiger partial charge in [0.1, 0.15) is 5.82 Å². The Labute approximate surface area is 223 Å². The summed E-state index contributed by atoms with van der Waals surface area (Å²) in [4.78, 5) is 25.0. The Bertz CT molecular complexity index is 1510. The van der Waals surface area contributed by atoms with Crippen LogP contribution in [0.4, 0.5) is 42.1 Å². The number of halogens is 7. The summed E-state index contributed by atoms with van der Waals surface area (Å²) in [7, 11) is 0. The lowest BCUT2D eigenvalue weighted by Gasteiger charge is -2.20. The number of hydrogen-bond acceptors (Lipinski definition) is 3. The predicted molar refractivity (Wildman–Crippen MR) is 135 cm³/mol. The van der Waals surface area contributed by atoms with E-state index in [4.69, 9.17) is 5.73 Å². The van der Waals surface area contributed by atoms with Gasteiger partial charge in [0, 0.05) is 22.9 Å². The molecule has 1 aliphatic carbocycles. The van der Waals surface area contributed by atoms with Gasteiger partial charge in [0.2, 0.25) is 5.91 Å². The fraction of sp³-hybridized carbons (Fsp3) is 0.143. The van der Waals surface area contributed by atoms with Crippen molar-refractivity contribution in [2.75, 3.05) is 11.1 Å². The summed E-state index contributed by atoms with van der Waals surface area (Å²) in [6.07, 6.45) is -4.83. The van der Waals surface area contributed by atoms with Crippen LogP contribution in [0, 0.1) is 5.82 Å². The summed E-state index contributed by atoms with van der Waals surface area (Å²) in [6.45, 7) is 0. The summed E-state index contributed by atoms with van der Waals surface area (Å²) < 4.78 is 92.3. The van der Waals surface area contributed by atoms with Crippen LogP contribution >= 0.6 is 0 Å². The molecule has 0 spiro atoms. The molecule has 0 unspecified atom stereocenters. The Morgan fingerprint density at radius 2 is 1.52 bits per heavy atom. The highest BCUT2D eigenvalue weighted by Crippen LogP contribution is 2.36. The van der Waals surface area contributed by atoms with Crippen molar-refractivity contribution >= 4 is 35.0 Å². The number of anilines is 2. The number of alkyl halides is 6. The van der Waals surface area contributed by atoms with Gasteiger partial charge in [0.25, 0.3) is 5.91 Å². The highest BCUT2D eigenvalue weighted by atomic mass is 19.4. The van der Waals surface area contributed by atoms with Gasteiger partial charge in [-0.05, 0) is 66.4 Å². The van der Waals surface area contributed by atoms with E-state index in [0.717, 1.165) is 17.7 Å². The van der Waals surface area contributed by atoms with Crippen LogP contribution in [0.3, 0.4) is 0 Å². The largest absolute Gasteiger partial charge is 0.416 e. The van der Waals surface area contributed by atoms with Gasteiger partial charge < -0.3 is 16.4 Å². The zero-order valence-electron chi connectivity index (χ0n) is 20.4. The molecule has 0 heterocycles. The number of allylic oxidation sites excluding steroid dienone is 1. The van der Waals surface area contributed by atoms with Crippen LogP contribution < -0.4 is 16.4 Å². The molecule has 0 saturated carbocycles. The first-order valence-electron chi connectivity index (χ1n) is 11.7. The second-order valence-electron chi connectivity index (χ2n) is 8.88. The number of nitrogen functional groups attached to an aromatic ring is 1. The van der Waals surface area contributed by atoms with Gasteiger partial charge in [-0.2, -0.15) is 26.3 Å². The van der Waals surface area contributed by atoms with Crippen LogP contribution in [-0.2, 0) is 23.6 Å². The Hall–Kier alpha value is -4.61. The van der Waals surface area contributed by atoms with E-state index >= 15 is 0 Å². The minimum Gasteiger partial charge on any atom is -0.397 e. The standard InChI is InChI=1S/C28H20F7N3O2/c29-20-6-8-24(22(36)14-20)37-25(39)9-5-15-4-7-21-16(10-15)2-1-3-23(21)38-26(40)17-11-18(27(30,31)32)13-19(12-17)28(33,34)35/h3-14H,1-2,36H2,(H,37,39)(H,38,40)/b9-5+. The molecule has 4 rings (SSSR count). The molecule has 3 aromatic carbocycles. The van der Waals surface area contributed by atoms with Crippen LogP contribution in [0.1, 0.15) is 44.6 Å². The number of amides is 2. The van der Waals surface area contributed by atoms with E-state index in [1.54, 1.807) is 24.3 Å². The van der Waals surface area contributed by atoms with Gasteiger partial charge in [-0.3, -0.25) is 9.59 Å². The van der Waals surface area contributed by atoms with E-state index < -0.39 is 46.7 Å². The molecule has 0 atom stereocenters. The maximum atomic E-state index is 13.2. The summed E-state index contributed by atoms with van der Waals surface area (Å²) in [5, 5.41) is 4.95. The molecule has 208 valence electrons. The first kappa shape index (κ1) is 28.4. The average Bonchev–Trinajstić information content (AvgIpc) is 2.88. The fourth-order valence-electron chi connectivity index (χ4n) is 4.06. The normalized spacial score (nSPS) is 13.5. The third kappa shape index (κ3) is 6.68. The van der Waals surface area contributed by atoms with Crippen molar-refractivity contribution in [3.05, 3.63) is 106 Å².